The summed E-state index contributed by atoms with van der Waals surface area (Å²) in [7, 11) is 0. The van der Waals surface area contributed by atoms with Crippen molar-refractivity contribution >= 4 is 11.8 Å². The van der Waals surface area contributed by atoms with E-state index in [0.717, 1.165) is 0 Å². The Hall–Kier alpha value is -2.76. The first kappa shape index (κ1) is 17.1. The minimum atomic E-state index is -0.320. The van der Waals surface area contributed by atoms with E-state index in [2.05, 4.69) is 10.3 Å². The zero-order valence-corrected chi connectivity index (χ0v) is 13.8. The molecule has 2 heterocycles. The third-order valence-corrected chi connectivity index (χ3v) is 4.47. The summed E-state index contributed by atoms with van der Waals surface area (Å²) < 4.78 is 13.6. The van der Waals surface area contributed by atoms with Crippen LogP contribution < -0.4 is 5.32 Å². The van der Waals surface area contributed by atoms with Gasteiger partial charge in [0.15, 0.2) is 0 Å². The van der Waals surface area contributed by atoms with E-state index >= 15 is 0 Å². The van der Waals surface area contributed by atoms with Gasteiger partial charge in [-0.3, -0.25) is 14.6 Å². The van der Waals surface area contributed by atoms with Crippen LogP contribution in [0.1, 0.15) is 28.8 Å². The first-order chi connectivity index (χ1) is 12.1. The molecular weight excluding hydrogens is 321 g/mol. The van der Waals surface area contributed by atoms with Gasteiger partial charge in [-0.1, -0.05) is 18.2 Å². The Bertz CT molecular complexity index is 743. The standard InChI is InChI=1S/C19H20FN3O2/c20-17-6-2-1-4-15(17)13-22-18(24)14-7-10-23(11-8-14)19(25)16-5-3-9-21-12-16/h1-6,9,12,14H,7-8,10-11,13H2,(H,22,24). The first-order valence-corrected chi connectivity index (χ1v) is 8.35. The molecule has 1 aromatic carbocycles. The Balaban J connectivity index is 1.49. The van der Waals surface area contributed by atoms with E-state index in [1.807, 2.05) is 0 Å². The SMILES string of the molecule is O=C(NCc1ccccc1F)C1CCN(C(=O)c2cccnc2)CC1. The number of pyridine rings is 1. The number of nitrogens with zero attached hydrogens (tertiary/aromatic N) is 2. The minimum Gasteiger partial charge on any atom is -0.352 e. The normalized spacial score (nSPS) is 15.0. The van der Waals surface area contributed by atoms with Crippen molar-refractivity contribution in [1.82, 2.24) is 15.2 Å². The monoisotopic (exact) mass is 341 g/mol. The number of likely N-dealkylation sites (tertiary alicyclic amines) is 1. The van der Waals surface area contributed by atoms with E-state index in [9.17, 15) is 14.0 Å². The predicted octanol–water partition coefficient (Wildman–Crippen LogP) is 2.39. The zero-order valence-electron chi connectivity index (χ0n) is 13.8. The molecule has 3 rings (SSSR count). The van der Waals surface area contributed by atoms with Gasteiger partial charge in [0.1, 0.15) is 5.82 Å². The number of nitrogens with one attached hydrogen (secondary N) is 1. The topological polar surface area (TPSA) is 62.3 Å². The molecule has 0 spiro atoms. The molecule has 25 heavy (non-hydrogen) atoms. The van der Waals surface area contributed by atoms with Crippen LogP contribution in [0.15, 0.2) is 48.8 Å². The van der Waals surface area contributed by atoms with E-state index in [4.69, 9.17) is 0 Å². The highest BCUT2D eigenvalue weighted by Crippen LogP contribution is 2.19. The highest BCUT2D eigenvalue weighted by molar-refractivity contribution is 5.94. The lowest BCUT2D eigenvalue weighted by Gasteiger charge is -2.31. The van der Waals surface area contributed by atoms with Gasteiger partial charge in [0.25, 0.3) is 5.91 Å². The lowest BCUT2D eigenvalue weighted by molar-refractivity contribution is -0.126. The number of benzene rings is 1. The van der Waals surface area contributed by atoms with Gasteiger partial charge in [-0.2, -0.15) is 0 Å². The van der Waals surface area contributed by atoms with Crippen molar-refractivity contribution in [2.24, 2.45) is 5.92 Å². The maximum absolute atomic E-state index is 13.6. The van der Waals surface area contributed by atoms with E-state index < -0.39 is 0 Å². The Labute approximate surface area is 145 Å². The maximum atomic E-state index is 13.6. The van der Waals surface area contributed by atoms with Crippen LogP contribution in [-0.4, -0.2) is 34.8 Å². The third-order valence-electron chi connectivity index (χ3n) is 4.47. The van der Waals surface area contributed by atoms with Crippen molar-refractivity contribution in [2.75, 3.05) is 13.1 Å². The fourth-order valence-electron chi connectivity index (χ4n) is 2.99. The average molecular weight is 341 g/mol. The molecule has 2 amide bonds. The van der Waals surface area contributed by atoms with Crippen molar-refractivity contribution < 1.29 is 14.0 Å². The Kier molecular flexibility index (Phi) is 5.38. The number of rotatable bonds is 4. The molecule has 0 atom stereocenters. The quantitative estimate of drug-likeness (QED) is 0.929. The third kappa shape index (κ3) is 4.21. The maximum Gasteiger partial charge on any atom is 0.255 e. The van der Waals surface area contributed by atoms with Crippen LogP contribution in [0.4, 0.5) is 4.39 Å². The number of carbonyl (C=O) groups is 2. The fourth-order valence-corrected chi connectivity index (χ4v) is 2.99. The fraction of sp³-hybridized carbons (Fsp3) is 0.316. The lowest BCUT2D eigenvalue weighted by atomic mass is 9.95. The van der Waals surface area contributed by atoms with E-state index in [0.29, 0.717) is 37.1 Å². The van der Waals surface area contributed by atoms with Crippen molar-refractivity contribution in [2.45, 2.75) is 19.4 Å². The molecule has 0 unspecified atom stereocenters. The molecule has 1 N–H and O–H groups in total. The number of carbonyl (C=O) groups excluding carboxylic acids is 2. The molecule has 130 valence electrons. The second-order valence-electron chi connectivity index (χ2n) is 6.12. The van der Waals surface area contributed by atoms with Crippen molar-refractivity contribution in [3.8, 4) is 0 Å². The van der Waals surface area contributed by atoms with E-state index in [1.54, 1.807) is 47.6 Å². The number of hydrogen-bond acceptors (Lipinski definition) is 3. The van der Waals surface area contributed by atoms with E-state index in [-0.39, 0.29) is 30.1 Å². The Morgan fingerprint density at radius 3 is 2.60 bits per heavy atom. The van der Waals surface area contributed by atoms with Gasteiger partial charge in [0.05, 0.1) is 5.56 Å². The van der Waals surface area contributed by atoms with Crippen LogP contribution in [0.3, 0.4) is 0 Å². The first-order valence-electron chi connectivity index (χ1n) is 8.35. The summed E-state index contributed by atoms with van der Waals surface area (Å²) in [5.41, 5.74) is 1.03. The lowest BCUT2D eigenvalue weighted by Crippen LogP contribution is -2.43. The van der Waals surface area contributed by atoms with Crippen molar-refractivity contribution in [3.63, 3.8) is 0 Å². The predicted molar refractivity (Wildman–Crippen MR) is 91.1 cm³/mol. The average Bonchev–Trinajstić information content (AvgIpc) is 2.67. The van der Waals surface area contributed by atoms with Crippen LogP contribution in [0.5, 0.6) is 0 Å². The Morgan fingerprint density at radius 1 is 1.16 bits per heavy atom. The molecule has 1 saturated heterocycles. The number of amides is 2. The highest BCUT2D eigenvalue weighted by Gasteiger charge is 2.27. The smallest absolute Gasteiger partial charge is 0.255 e. The van der Waals surface area contributed by atoms with Crippen molar-refractivity contribution in [3.05, 3.63) is 65.7 Å². The number of aromatic nitrogens is 1. The van der Waals surface area contributed by atoms with Crippen LogP contribution in [-0.2, 0) is 11.3 Å². The summed E-state index contributed by atoms with van der Waals surface area (Å²) >= 11 is 0. The van der Waals surface area contributed by atoms with Gasteiger partial charge in [0, 0.05) is 43.5 Å². The second-order valence-corrected chi connectivity index (χ2v) is 6.12. The highest BCUT2D eigenvalue weighted by atomic mass is 19.1. The van der Waals surface area contributed by atoms with Gasteiger partial charge >= 0.3 is 0 Å². The van der Waals surface area contributed by atoms with Gasteiger partial charge in [0.2, 0.25) is 5.91 Å². The molecule has 1 aliphatic heterocycles. The van der Waals surface area contributed by atoms with Gasteiger partial charge in [-0.05, 0) is 31.0 Å². The van der Waals surface area contributed by atoms with Gasteiger partial charge < -0.3 is 10.2 Å². The van der Waals surface area contributed by atoms with E-state index in [1.165, 1.54) is 6.07 Å². The molecule has 2 aromatic rings. The summed E-state index contributed by atoms with van der Waals surface area (Å²) in [5.74, 6) is -0.612. The summed E-state index contributed by atoms with van der Waals surface area (Å²) in [5, 5.41) is 2.79. The molecule has 5 nitrogen and oxygen atoms in total. The Morgan fingerprint density at radius 2 is 1.92 bits per heavy atom. The summed E-state index contributed by atoms with van der Waals surface area (Å²) in [6.45, 7) is 1.25. The van der Waals surface area contributed by atoms with Crippen molar-refractivity contribution in [1.29, 1.82) is 0 Å². The molecule has 0 bridgehead atoms. The van der Waals surface area contributed by atoms with Crippen LogP contribution in [0, 0.1) is 11.7 Å². The minimum absolute atomic E-state index is 0.0571. The van der Waals surface area contributed by atoms with Crippen LogP contribution >= 0.6 is 0 Å². The summed E-state index contributed by atoms with van der Waals surface area (Å²) in [6.07, 6.45) is 4.39. The summed E-state index contributed by atoms with van der Waals surface area (Å²) in [4.78, 5) is 30.4. The molecule has 0 aliphatic carbocycles. The van der Waals surface area contributed by atoms with Gasteiger partial charge in [-0.25, -0.2) is 4.39 Å². The van der Waals surface area contributed by atoms with Crippen LogP contribution in [0.2, 0.25) is 0 Å². The molecule has 1 fully saturated rings. The molecule has 0 saturated carbocycles. The number of piperidine rings is 1. The number of halogens is 1. The largest absolute Gasteiger partial charge is 0.352 e. The molecular formula is C19H20FN3O2. The van der Waals surface area contributed by atoms with Crippen LogP contribution in [0.25, 0.3) is 0 Å². The molecule has 1 aromatic heterocycles. The molecule has 1 aliphatic rings. The summed E-state index contributed by atoms with van der Waals surface area (Å²) in [6, 6.07) is 9.87. The van der Waals surface area contributed by atoms with Gasteiger partial charge in [-0.15, -0.1) is 0 Å². The number of hydrogen-bond donors (Lipinski definition) is 1. The molecule has 6 heteroatoms. The second kappa shape index (κ2) is 7.88. The molecule has 0 radical (unpaired) electrons. The zero-order chi connectivity index (χ0) is 17.6.